The van der Waals surface area contributed by atoms with Crippen molar-refractivity contribution in [3.05, 3.63) is 66.2 Å². The van der Waals surface area contributed by atoms with Crippen LogP contribution in [0, 0.1) is 0 Å². The van der Waals surface area contributed by atoms with Crippen LogP contribution in [0.25, 0.3) is 33.2 Å². The lowest BCUT2D eigenvalue weighted by molar-refractivity contribution is -0.121. The summed E-state index contributed by atoms with van der Waals surface area (Å²) in [5, 5.41) is 5.31. The van der Waals surface area contributed by atoms with E-state index in [-0.39, 0.29) is 11.9 Å². The number of aryl methyl sites for hydroxylation is 1. The first kappa shape index (κ1) is 18.2. The molecule has 0 fully saturated rings. The maximum Gasteiger partial charge on any atom is 0.220 e. The zero-order chi connectivity index (χ0) is 19.5. The molecule has 2 N–H and O–H groups in total. The van der Waals surface area contributed by atoms with Crippen LogP contribution in [0.5, 0.6) is 0 Å². The Hall–Kier alpha value is -3.14. The molecular formula is C24H25N3O. The number of amides is 1. The number of hydrogen-bond acceptors (Lipinski definition) is 2. The van der Waals surface area contributed by atoms with Gasteiger partial charge in [-0.3, -0.25) is 4.79 Å². The average molecular weight is 371 g/mol. The number of carbonyl (C=O) groups excluding carboxylic acids is 1. The predicted molar refractivity (Wildman–Crippen MR) is 115 cm³/mol. The van der Waals surface area contributed by atoms with Crippen molar-refractivity contribution in [2.24, 2.45) is 0 Å². The lowest BCUT2D eigenvalue weighted by Gasteiger charge is -2.09. The van der Waals surface area contributed by atoms with Crippen LogP contribution in [0.4, 0.5) is 0 Å². The fraction of sp³-hybridized carbons (Fsp3) is 0.250. The molecular weight excluding hydrogens is 346 g/mol. The maximum atomic E-state index is 12.0. The molecule has 0 saturated heterocycles. The van der Waals surface area contributed by atoms with Gasteiger partial charge in [-0.25, -0.2) is 4.98 Å². The summed E-state index contributed by atoms with van der Waals surface area (Å²) in [6.07, 6.45) is 2.17. The van der Waals surface area contributed by atoms with Crippen LogP contribution in [-0.4, -0.2) is 21.9 Å². The van der Waals surface area contributed by atoms with E-state index in [4.69, 9.17) is 4.98 Å². The Labute approximate surface area is 165 Å². The molecule has 2 aromatic carbocycles. The zero-order valence-electron chi connectivity index (χ0n) is 16.3. The molecule has 2 heterocycles. The van der Waals surface area contributed by atoms with E-state index in [1.165, 1.54) is 10.9 Å². The number of nitrogens with one attached hydrogen (secondary N) is 2. The molecule has 4 heteroatoms. The number of fused-ring (bicyclic) bond motifs is 2. The number of carbonyl (C=O) groups is 1. The van der Waals surface area contributed by atoms with Crippen molar-refractivity contribution in [2.75, 3.05) is 0 Å². The van der Waals surface area contributed by atoms with Crippen molar-refractivity contribution in [1.82, 2.24) is 15.3 Å². The van der Waals surface area contributed by atoms with Crippen LogP contribution < -0.4 is 5.32 Å². The van der Waals surface area contributed by atoms with Crippen LogP contribution in [0.2, 0.25) is 0 Å². The first-order valence-corrected chi connectivity index (χ1v) is 9.87. The minimum Gasteiger partial charge on any atom is -0.354 e. The van der Waals surface area contributed by atoms with Crippen LogP contribution >= 0.6 is 0 Å². The van der Waals surface area contributed by atoms with E-state index >= 15 is 0 Å². The Morgan fingerprint density at radius 1 is 1.04 bits per heavy atom. The lowest BCUT2D eigenvalue weighted by atomic mass is 10.0. The van der Waals surface area contributed by atoms with Crippen LogP contribution in [-0.2, 0) is 11.2 Å². The van der Waals surface area contributed by atoms with Gasteiger partial charge in [0.15, 0.2) is 0 Å². The number of benzene rings is 2. The predicted octanol–water partition coefficient (Wildman–Crippen LogP) is 5.23. The maximum absolute atomic E-state index is 12.0. The van der Waals surface area contributed by atoms with Crippen LogP contribution in [0.1, 0.15) is 32.3 Å². The Morgan fingerprint density at radius 2 is 1.82 bits per heavy atom. The molecule has 2 aromatic heterocycles. The van der Waals surface area contributed by atoms with Gasteiger partial charge in [-0.15, -0.1) is 0 Å². The van der Waals surface area contributed by atoms with E-state index < -0.39 is 0 Å². The molecule has 142 valence electrons. The van der Waals surface area contributed by atoms with Gasteiger partial charge in [0, 0.05) is 28.8 Å². The molecule has 1 amide bonds. The normalized spacial score (nSPS) is 11.4. The first-order valence-electron chi connectivity index (χ1n) is 9.87. The summed E-state index contributed by atoms with van der Waals surface area (Å²) in [5.74, 6) is 0.111. The number of aromatic amines is 1. The van der Waals surface area contributed by atoms with E-state index in [1.54, 1.807) is 0 Å². The van der Waals surface area contributed by atoms with Gasteiger partial charge in [-0.2, -0.15) is 0 Å². The van der Waals surface area contributed by atoms with Gasteiger partial charge in [0.05, 0.1) is 16.9 Å². The monoisotopic (exact) mass is 371 g/mol. The SMILES string of the molecule is CC(C)NC(=O)CCCc1c(-c2ccc3ccccc3n2)[nH]c2ccccc12. The second-order valence-corrected chi connectivity index (χ2v) is 7.49. The van der Waals surface area contributed by atoms with Crippen LogP contribution in [0.15, 0.2) is 60.7 Å². The summed E-state index contributed by atoms with van der Waals surface area (Å²) in [6.45, 7) is 3.97. The Balaban J connectivity index is 1.67. The fourth-order valence-corrected chi connectivity index (χ4v) is 3.70. The van der Waals surface area contributed by atoms with Crippen molar-refractivity contribution < 1.29 is 4.79 Å². The minimum absolute atomic E-state index is 0.111. The standard InChI is InChI=1S/C24H25N3O/c1-16(2)25-23(28)13-7-10-19-18-9-4-6-12-21(18)27-24(19)22-15-14-17-8-3-5-11-20(17)26-22/h3-6,8-9,11-12,14-16,27H,7,10,13H2,1-2H3,(H,25,28). The number of para-hydroxylation sites is 2. The minimum atomic E-state index is 0.111. The number of pyridine rings is 1. The Bertz CT molecular complexity index is 1130. The highest BCUT2D eigenvalue weighted by Crippen LogP contribution is 2.31. The molecule has 4 nitrogen and oxygen atoms in total. The molecule has 28 heavy (non-hydrogen) atoms. The quantitative estimate of drug-likeness (QED) is 0.487. The highest BCUT2D eigenvalue weighted by molar-refractivity contribution is 5.91. The van der Waals surface area contributed by atoms with Crippen molar-refractivity contribution in [3.8, 4) is 11.4 Å². The van der Waals surface area contributed by atoms with Gasteiger partial charge in [-0.05, 0) is 50.5 Å². The van der Waals surface area contributed by atoms with E-state index in [0.29, 0.717) is 6.42 Å². The number of H-pyrrole nitrogens is 1. The fourth-order valence-electron chi connectivity index (χ4n) is 3.70. The van der Waals surface area contributed by atoms with E-state index in [2.05, 4.69) is 46.7 Å². The molecule has 0 saturated carbocycles. The van der Waals surface area contributed by atoms with Gasteiger partial charge in [0.25, 0.3) is 0 Å². The van der Waals surface area contributed by atoms with Crippen molar-refractivity contribution in [1.29, 1.82) is 0 Å². The van der Waals surface area contributed by atoms with Gasteiger partial charge in [0.2, 0.25) is 5.91 Å². The van der Waals surface area contributed by atoms with Crippen molar-refractivity contribution in [2.45, 2.75) is 39.2 Å². The third-order valence-electron chi connectivity index (χ3n) is 4.95. The number of aromatic nitrogens is 2. The molecule has 0 bridgehead atoms. The molecule has 4 aromatic rings. The topological polar surface area (TPSA) is 57.8 Å². The van der Waals surface area contributed by atoms with E-state index in [1.807, 2.05) is 38.1 Å². The second kappa shape index (κ2) is 7.85. The molecule has 0 spiro atoms. The molecule has 0 unspecified atom stereocenters. The second-order valence-electron chi connectivity index (χ2n) is 7.49. The summed E-state index contributed by atoms with van der Waals surface area (Å²) in [4.78, 5) is 20.4. The van der Waals surface area contributed by atoms with Gasteiger partial charge in [-0.1, -0.05) is 42.5 Å². The van der Waals surface area contributed by atoms with E-state index in [9.17, 15) is 4.79 Å². The number of hydrogen-bond donors (Lipinski definition) is 2. The number of rotatable bonds is 6. The molecule has 4 rings (SSSR count). The van der Waals surface area contributed by atoms with E-state index in [0.717, 1.165) is 40.6 Å². The Kier molecular flexibility index (Phi) is 5.11. The molecule has 0 atom stereocenters. The zero-order valence-corrected chi connectivity index (χ0v) is 16.3. The van der Waals surface area contributed by atoms with Crippen molar-refractivity contribution >= 4 is 27.7 Å². The van der Waals surface area contributed by atoms with Gasteiger partial charge >= 0.3 is 0 Å². The highest BCUT2D eigenvalue weighted by Gasteiger charge is 2.15. The highest BCUT2D eigenvalue weighted by atomic mass is 16.1. The third kappa shape index (κ3) is 3.77. The van der Waals surface area contributed by atoms with Gasteiger partial charge in [0.1, 0.15) is 0 Å². The van der Waals surface area contributed by atoms with Gasteiger partial charge < -0.3 is 10.3 Å². The molecule has 0 radical (unpaired) electrons. The summed E-state index contributed by atoms with van der Waals surface area (Å²) in [6, 6.07) is 20.8. The smallest absolute Gasteiger partial charge is 0.220 e. The molecule has 0 aliphatic rings. The summed E-state index contributed by atoms with van der Waals surface area (Å²) >= 11 is 0. The average Bonchev–Trinajstić information content (AvgIpc) is 3.06. The molecule has 0 aliphatic carbocycles. The molecule has 0 aliphatic heterocycles. The van der Waals surface area contributed by atoms with Crippen molar-refractivity contribution in [3.63, 3.8) is 0 Å². The summed E-state index contributed by atoms with van der Waals surface area (Å²) in [5.41, 5.74) is 5.32. The largest absolute Gasteiger partial charge is 0.354 e. The lowest BCUT2D eigenvalue weighted by Crippen LogP contribution is -2.29. The third-order valence-corrected chi connectivity index (χ3v) is 4.95. The Morgan fingerprint density at radius 3 is 2.68 bits per heavy atom. The first-order chi connectivity index (χ1) is 13.6. The van der Waals surface area contributed by atoms with Crippen LogP contribution in [0.3, 0.4) is 0 Å². The summed E-state index contributed by atoms with van der Waals surface area (Å²) < 4.78 is 0. The number of nitrogens with zero attached hydrogens (tertiary/aromatic N) is 1. The summed E-state index contributed by atoms with van der Waals surface area (Å²) in [7, 11) is 0.